The molecule has 3 unspecified atom stereocenters. The van der Waals surface area contributed by atoms with Gasteiger partial charge in [0.05, 0.1) is 0 Å². The zero-order valence-corrected chi connectivity index (χ0v) is 10.1. The van der Waals surface area contributed by atoms with E-state index in [0.717, 1.165) is 17.8 Å². The second-order valence-electron chi connectivity index (χ2n) is 5.28. The minimum absolute atomic E-state index is 0.787. The van der Waals surface area contributed by atoms with Crippen LogP contribution in [0.4, 0.5) is 0 Å². The van der Waals surface area contributed by atoms with E-state index < -0.39 is 0 Å². The number of hydrogen-bond acceptors (Lipinski definition) is 0. The second kappa shape index (κ2) is 3.25. The van der Waals surface area contributed by atoms with Gasteiger partial charge >= 0.3 is 0 Å². The van der Waals surface area contributed by atoms with E-state index in [9.17, 15) is 0 Å². The zero-order valence-electron chi connectivity index (χ0n) is 10.1. The van der Waals surface area contributed by atoms with Gasteiger partial charge in [-0.1, -0.05) is 31.9 Å². The minimum Gasteiger partial charge on any atom is -0.0698 e. The van der Waals surface area contributed by atoms with Crippen LogP contribution in [0.5, 0.6) is 0 Å². The van der Waals surface area contributed by atoms with Crippen molar-refractivity contribution in [1.82, 2.24) is 0 Å². The summed E-state index contributed by atoms with van der Waals surface area (Å²) in [6.07, 6.45) is 2.63. The molecular formula is C14H22. The molecule has 0 aliphatic heterocycles. The Morgan fingerprint density at radius 2 is 1.57 bits per heavy atom. The molecule has 0 aromatic carbocycles. The molecule has 0 aromatic rings. The molecule has 0 fully saturated rings. The average Bonchev–Trinajstić information content (AvgIpc) is 2.38. The van der Waals surface area contributed by atoms with Crippen LogP contribution in [0.1, 0.15) is 47.5 Å². The third kappa shape index (κ3) is 1.20. The molecule has 0 amide bonds. The molecule has 78 valence electrons. The van der Waals surface area contributed by atoms with E-state index in [4.69, 9.17) is 0 Å². The molecule has 0 saturated heterocycles. The molecule has 0 nitrogen and oxygen atoms in total. The van der Waals surface area contributed by atoms with Crippen LogP contribution in [0, 0.1) is 17.8 Å². The molecule has 3 atom stereocenters. The summed E-state index contributed by atoms with van der Waals surface area (Å²) in [7, 11) is 0. The number of allylic oxidation sites excluding steroid dienone is 4. The molecule has 0 spiro atoms. The van der Waals surface area contributed by atoms with Crippen molar-refractivity contribution in [3.05, 3.63) is 22.3 Å². The average molecular weight is 190 g/mol. The summed E-state index contributed by atoms with van der Waals surface area (Å²) in [6, 6.07) is 0. The maximum Gasteiger partial charge on any atom is -0.0157 e. The Bertz CT molecular complexity index is 317. The van der Waals surface area contributed by atoms with Gasteiger partial charge in [0.25, 0.3) is 0 Å². The van der Waals surface area contributed by atoms with E-state index in [1.807, 2.05) is 0 Å². The summed E-state index contributed by atoms with van der Waals surface area (Å²) in [5.74, 6) is 2.46. The van der Waals surface area contributed by atoms with Gasteiger partial charge in [-0.2, -0.15) is 0 Å². The van der Waals surface area contributed by atoms with Crippen molar-refractivity contribution in [2.24, 2.45) is 17.8 Å². The van der Waals surface area contributed by atoms with Crippen molar-refractivity contribution < 1.29 is 0 Å². The first-order valence-electron chi connectivity index (χ1n) is 5.93. The largest absolute Gasteiger partial charge is 0.0698 e. The summed E-state index contributed by atoms with van der Waals surface area (Å²) in [6.45, 7) is 11.9. The summed E-state index contributed by atoms with van der Waals surface area (Å²) in [5, 5.41) is 0. The van der Waals surface area contributed by atoms with E-state index in [1.54, 1.807) is 22.3 Å². The van der Waals surface area contributed by atoms with Crippen molar-refractivity contribution in [2.75, 3.05) is 0 Å². The van der Waals surface area contributed by atoms with E-state index in [1.165, 1.54) is 12.8 Å². The van der Waals surface area contributed by atoms with E-state index in [-0.39, 0.29) is 0 Å². The summed E-state index contributed by atoms with van der Waals surface area (Å²) >= 11 is 0. The van der Waals surface area contributed by atoms with E-state index in [2.05, 4.69) is 34.6 Å². The third-order valence-corrected chi connectivity index (χ3v) is 4.74. The summed E-state index contributed by atoms with van der Waals surface area (Å²) < 4.78 is 0. The van der Waals surface area contributed by atoms with Gasteiger partial charge in [-0.05, 0) is 55.6 Å². The lowest BCUT2D eigenvalue weighted by atomic mass is 9.84. The Morgan fingerprint density at radius 3 is 2.21 bits per heavy atom. The van der Waals surface area contributed by atoms with Crippen LogP contribution in [0.15, 0.2) is 22.3 Å². The van der Waals surface area contributed by atoms with Crippen molar-refractivity contribution in [3.8, 4) is 0 Å². The molecule has 2 aliphatic rings. The smallest absolute Gasteiger partial charge is 0.0157 e. The lowest BCUT2D eigenvalue weighted by molar-refractivity contribution is 0.389. The molecule has 0 saturated carbocycles. The predicted octanol–water partition coefficient (Wildman–Crippen LogP) is 4.34. The molecule has 0 heteroatoms. The monoisotopic (exact) mass is 190 g/mol. The predicted molar refractivity (Wildman–Crippen MR) is 62.1 cm³/mol. The normalized spacial score (nSPS) is 37.9. The number of hydrogen-bond donors (Lipinski definition) is 0. The molecule has 0 bridgehead atoms. The first-order valence-corrected chi connectivity index (χ1v) is 5.93. The topological polar surface area (TPSA) is 0 Å². The van der Waals surface area contributed by atoms with Gasteiger partial charge in [0.2, 0.25) is 0 Å². The Hall–Kier alpha value is -0.520. The van der Waals surface area contributed by atoms with Crippen molar-refractivity contribution in [1.29, 1.82) is 0 Å². The van der Waals surface area contributed by atoms with Gasteiger partial charge in [0, 0.05) is 0 Å². The fourth-order valence-electron chi connectivity index (χ4n) is 3.24. The Balaban J connectivity index is 2.46. The Kier molecular flexibility index (Phi) is 2.33. The minimum atomic E-state index is 0.787. The van der Waals surface area contributed by atoms with Gasteiger partial charge in [0.1, 0.15) is 0 Å². The van der Waals surface area contributed by atoms with Crippen LogP contribution in [-0.4, -0.2) is 0 Å². The zero-order chi connectivity index (χ0) is 10.5. The fraction of sp³-hybridized carbons (Fsp3) is 0.714. The number of rotatable bonds is 0. The molecule has 0 heterocycles. The maximum atomic E-state index is 2.41. The molecule has 2 rings (SSSR count). The highest BCUT2D eigenvalue weighted by molar-refractivity contribution is 5.46. The Morgan fingerprint density at radius 1 is 0.929 bits per heavy atom. The van der Waals surface area contributed by atoms with Gasteiger partial charge in [-0.15, -0.1) is 0 Å². The first-order chi connectivity index (χ1) is 6.54. The molecule has 0 aromatic heterocycles. The lowest BCUT2D eigenvalue weighted by Crippen LogP contribution is -2.09. The highest BCUT2D eigenvalue weighted by Gasteiger charge is 2.36. The van der Waals surface area contributed by atoms with Crippen molar-refractivity contribution in [3.63, 3.8) is 0 Å². The SMILES string of the molecule is CC1=C(C)C2=C(CC1)C(C)C(C)C2C. The van der Waals surface area contributed by atoms with Crippen molar-refractivity contribution >= 4 is 0 Å². The molecule has 2 aliphatic carbocycles. The third-order valence-electron chi connectivity index (χ3n) is 4.74. The first kappa shape index (κ1) is 10.0. The van der Waals surface area contributed by atoms with E-state index >= 15 is 0 Å². The van der Waals surface area contributed by atoms with Crippen LogP contribution in [0.2, 0.25) is 0 Å². The van der Waals surface area contributed by atoms with Crippen molar-refractivity contribution in [2.45, 2.75) is 47.5 Å². The molecular weight excluding hydrogens is 168 g/mol. The van der Waals surface area contributed by atoms with Crippen LogP contribution >= 0.6 is 0 Å². The van der Waals surface area contributed by atoms with Crippen LogP contribution in [0.3, 0.4) is 0 Å². The highest BCUT2D eigenvalue weighted by Crippen LogP contribution is 2.49. The van der Waals surface area contributed by atoms with Gasteiger partial charge in [0.15, 0.2) is 0 Å². The summed E-state index contributed by atoms with van der Waals surface area (Å²) in [5.41, 5.74) is 6.72. The van der Waals surface area contributed by atoms with Crippen LogP contribution in [0.25, 0.3) is 0 Å². The lowest BCUT2D eigenvalue weighted by Gasteiger charge is -2.21. The highest BCUT2D eigenvalue weighted by atomic mass is 14.4. The molecule has 0 radical (unpaired) electrons. The Labute approximate surface area is 88.1 Å². The molecule has 0 N–H and O–H groups in total. The fourth-order valence-corrected chi connectivity index (χ4v) is 3.24. The summed E-state index contributed by atoms with van der Waals surface area (Å²) in [4.78, 5) is 0. The standard InChI is InChI=1S/C14H22/c1-8-6-7-13-11(4)10(3)12(5)14(13)9(8)2/h10-12H,6-7H2,1-5H3. The second-order valence-corrected chi connectivity index (χ2v) is 5.28. The van der Waals surface area contributed by atoms with Gasteiger partial charge in [-0.3, -0.25) is 0 Å². The molecule has 14 heavy (non-hydrogen) atoms. The van der Waals surface area contributed by atoms with Gasteiger partial charge in [-0.25, -0.2) is 0 Å². The van der Waals surface area contributed by atoms with Crippen LogP contribution in [-0.2, 0) is 0 Å². The quantitative estimate of drug-likeness (QED) is 0.533. The maximum absolute atomic E-state index is 2.41. The van der Waals surface area contributed by atoms with Gasteiger partial charge < -0.3 is 0 Å². The van der Waals surface area contributed by atoms with Crippen LogP contribution < -0.4 is 0 Å². The van der Waals surface area contributed by atoms with E-state index in [0.29, 0.717) is 0 Å².